The normalized spacial score (nSPS) is 14.7. The molecule has 7 heteroatoms. The molecule has 0 saturated heterocycles. The predicted octanol–water partition coefficient (Wildman–Crippen LogP) is 4.55. The molecule has 1 fully saturated rings. The topological polar surface area (TPSA) is 95.4 Å². The minimum Gasteiger partial charge on any atom is -0.382 e. The number of anilines is 1. The highest BCUT2D eigenvalue weighted by Crippen LogP contribution is 2.29. The number of nitrogens with two attached hydrogens (primary N) is 1. The Morgan fingerprint density at radius 3 is 2.37 bits per heavy atom. The molecule has 1 aliphatic rings. The Hall–Kier alpha value is -3.61. The molecule has 2 N–H and O–H groups in total. The summed E-state index contributed by atoms with van der Waals surface area (Å²) in [5.74, 6) is 1.07. The van der Waals surface area contributed by atoms with Crippen LogP contribution in [0, 0.1) is 0 Å². The zero-order valence-corrected chi connectivity index (χ0v) is 16.6. The van der Waals surface area contributed by atoms with Crippen LogP contribution in [0.3, 0.4) is 0 Å². The van der Waals surface area contributed by atoms with Crippen molar-refractivity contribution in [2.75, 3.05) is 5.73 Å². The van der Waals surface area contributed by atoms with E-state index in [1.54, 1.807) is 6.07 Å². The number of nitrogens with zero attached hydrogens (tertiary/aromatic N) is 6. The quantitative estimate of drug-likeness (QED) is 0.543. The smallest absolute Gasteiger partial charge is 0.159 e. The number of benzene rings is 1. The average molecular weight is 397 g/mol. The molecule has 3 aromatic heterocycles. The summed E-state index contributed by atoms with van der Waals surface area (Å²) in [5.41, 5.74) is 10.3. The van der Waals surface area contributed by atoms with Crippen LogP contribution in [0.2, 0.25) is 0 Å². The number of rotatable bonds is 4. The molecule has 150 valence electrons. The lowest BCUT2D eigenvalue weighted by molar-refractivity contribution is 0.329. The molecule has 7 nitrogen and oxygen atoms in total. The van der Waals surface area contributed by atoms with Crippen LogP contribution in [0.15, 0.2) is 61.2 Å². The van der Waals surface area contributed by atoms with Crippen molar-refractivity contribution in [1.29, 1.82) is 0 Å². The minimum absolute atomic E-state index is 0.403. The van der Waals surface area contributed by atoms with Gasteiger partial charge in [0.1, 0.15) is 5.82 Å². The Bertz CT molecular complexity index is 1130. The van der Waals surface area contributed by atoms with Gasteiger partial charge in [0, 0.05) is 40.8 Å². The molecule has 0 amide bonds. The Labute approximate surface area is 175 Å². The van der Waals surface area contributed by atoms with E-state index in [1.807, 2.05) is 48.9 Å². The molecule has 0 aliphatic heterocycles. The van der Waals surface area contributed by atoms with Crippen molar-refractivity contribution in [3.63, 3.8) is 0 Å². The summed E-state index contributed by atoms with van der Waals surface area (Å²) in [4.78, 5) is 9.18. The van der Waals surface area contributed by atoms with E-state index >= 15 is 0 Å². The zero-order chi connectivity index (χ0) is 20.3. The average Bonchev–Trinajstić information content (AvgIpc) is 3.31. The van der Waals surface area contributed by atoms with Crippen molar-refractivity contribution in [1.82, 2.24) is 29.9 Å². The summed E-state index contributed by atoms with van der Waals surface area (Å²) in [6.07, 6.45) is 14.1. The molecule has 5 rings (SSSR count). The van der Waals surface area contributed by atoms with Gasteiger partial charge in [-0.05, 0) is 31.0 Å². The van der Waals surface area contributed by atoms with Crippen molar-refractivity contribution in [3.8, 4) is 33.8 Å². The summed E-state index contributed by atoms with van der Waals surface area (Å²) in [5, 5.41) is 12.7. The lowest BCUT2D eigenvalue weighted by Gasteiger charge is -2.21. The Morgan fingerprint density at radius 1 is 0.800 bits per heavy atom. The van der Waals surface area contributed by atoms with Crippen LogP contribution < -0.4 is 5.73 Å². The molecule has 0 spiro atoms. The molecule has 1 saturated carbocycles. The first kappa shape index (κ1) is 18.4. The second-order valence-electron chi connectivity index (χ2n) is 7.72. The highest BCUT2D eigenvalue weighted by atomic mass is 15.3. The molecule has 1 aliphatic carbocycles. The minimum atomic E-state index is 0.403. The van der Waals surface area contributed by atoms with Gasteiger partial charge in [0.2, 0.25) is 0 Å². The maximum atomic E-state index is 5.63. The third-order valence-corrected chi connectivity index (χ3v) is 5.64. The molecule has 1 aromatic carbocycles. The molecule has 30 heavy (non-hydrogen) atoms. The summed E-state index contributed by atoms with van der Waals surface area (Å²) in [7, 11) is 0. The van der Waals surface area contributed by atoms with Crippen molar-refractivity contribution < 1.29 is 0 Å². The fourth-order valence-corrected chi connectivity index (χ4v) is 3.97. The second-order valence-corrected chi connectivity index (χ2v) is 7.72. The summed E-state index contributed by atoms with van der Waals surface area (Å²) in [6, 6.07) is 12.1. The van der Waals surface area contributed by atoms with E-state index in [1.165, 1.54) is 32.1 Å². The van der Waals surface area contributed by atoms with Crippen molar-refractivity contribution >= 4 is 5.82 Å². The Balaban J connectivity index is 1.37. The Morgan fingerprint density at radius 2 is 1.60 bits per heavy atom. The van der Waals surface area contributed by atoms with Crippen LogP contribution in [0.4, 0.5) is 5.82 Å². The fraction of sp³-hybridized carbons (Fsp3) is 0.261. The number of hydrogen-bond donors (Lipinski definition) is 1. The van der Waals surface area contributed by atoms with Gasteiger partial charge in [0.25, 0.3) is 0 Å². The first-order valence-electron chi connectivity index (χ1n) is 10.3. The van der Waals surface area contributed by atoms with Crippen LogP contribution >= 0.6 is 0 Å². The van der Waals surface area contributed by atoms with Gasteiger partial charge in [-0.15, -0.1) is 10.2 Å². The van der Waals surface area contributed by atoms with Crippen LogP contribution in [-0.2, 0) is 0 Å². The van der Waals surface area contributed by atoms with Gasteiger partial charge >= 0.3 is 0 Å². The summed E-state index contributed by atoms with van der Waals surface area (Å²) < 4.78 is 2.11. The first-order valence-corrected chi connectivity index (χ1v) is 10.3. The fourth-order valence-electron chi connectivity index (χ4n) is 3.97. The van der Waals surface area contributed by atoms with Crippen LogP contribution in [0.25, 0.3) is 33.8 Å². The lowest BCUT2D eigenvalue weighted by Crippen LogP contribution is -2.12. The van der Waals surface area contributed by atoms with Gasteiger partial charge < -0.3 is 5.73 Å². The monoisotopic (exact) mass is 397 g/mol. The standard InChI is InChI=1S/C23H23N7/c24-22-10-9-21(28-29-22)16-5-4-6-17(11-16)23-25-12-18(13-26-23)19-14-27-30(15-19)20-7-2-1-3-8-20/h4-6,9-15,20H,1-3,7-8H2,(H2,24,29). The number of aromatic nitrogens is 6. The number of hydrogen-bond acceptors (Lipinski definition) is 6. The molecular formula is C23H23N7. The van der Waals surface area contributed by atoms with Crippen molar-refractivity contribution in [3.05, 3.63) is 61.2 Å². The lowest BCUT2D eigenvalue weighted by atomic mass is 9.96. The molecule has 0 atom stereocenters. The molecule has 0 radical (unpaired) electrons. The van der Waals surface area contributed by atoms with Gasteiger partial charge in [-0.1, -0.05) is 37.5 Å². The largest absolute Gasteiger partial charge is 0.382 e. The van der Waals surface area contributed by atoms with Crippen molar-refractivity contribution in [2.24, 2.45) is 0 Å². The molecule has 3 heterocycles. The van der Waals surface area contributed by atoms with Gasteiger partial charge in [0.15, 0.2) is 5.82 Å². The maximum absolute atomic E-state index is 5.63. The highest BCUT2D eigenvalue weighted by molar-refractivity contribution is 5.69. The Kier molecular flexibility index (Phi) is 4.93. The first-order chi connectivity index (χ1) is 14.8. The third-order valence-electron chi connectivity index (χ3n) is 5.64. The van der Waals surface area contributed by atoms with Gasteiger partial charge in [0.05, 0.1) is 17.9 Å². The van der Waals surface area contributed by atoms with Crippen LogP contribution in [-0.4, -0.2) is 29.9 Å². The predicted molar refractivity (Wildman–Crippen MR) is 116 cm³/mol. The van der Waals surface area contributed by atoms with E-state index in [-0.39, 0.29) is 0 Å². The van der Waals surface area contributed by atoms with Crippen molar-refractivity contribution in [2.45, 2.75) is 38.1 Å². The second kappa shape index (κ2) is 8.02. The number of nitrogen functional groups attached to an aromatic ring is 1. The van der Waals surface area contributed by atoms with Gasteiger partial charge in [-0.3, -0.25) is 4.68 Å². The summed E-state index contributed by atoms with van der Waals surface area (Å²) in [6.45, 7) is 0. The van der Waals surface area contributed by atoms with E-state index < -0.39 is 0 Å². The molecule has 4 aromatic rings. The van der Waals surface area contributed by atoms with Crippen LogP contribution in [0.1, 0.15) is 38.1 Å². The van der Waals surface area contributed by atoms with E-state index in [0.29, 0.717) is 17.7 Å². The third kappa shape index (κ3) is 3.78. The highest BCUT2D eigenvalue weighted by Gasteiger charge is 2.16. The van der Waals surface area contributed by atoms with E-state index in [4.69, 9.17) is 5.73 Å². The van der Waals surface area contributed by atoms with E-state index in [2.05, 4.69) is 36.1 Å². The molecular weight excluding hydrogens is 374 g/mol. The van der Waals surface area contributed by atoms with E-state index in [9.17, 15) is 0 Å². The van der Waals surface area contributed by atoms with E-state index in [0.717, 1.165) is 27.9 Å². The SMILES string of the molecule is Nc1ccc(-c2cccc(-c3ncc(-c4cnn(C5CCCCC5)c4)cn3)c2)nn1. The molecule has 0 bridgehead atoms. The van der Waals surface area contributed by atoms with Crippen LogP contribution in [0.5, 0.6) is 0 Å². The summed E-state index contributed by atoms with van der Waals surface area (Å²) >= 11 is 0. The molecule has 0 unspecified atom stereocenters. The van der Waals surface area contributed by atoms with Gasteiger partial charge in [-0.25, -0.2) is 9.97 Å². The maximum Gasteiger partial charge on any atom is 0.159 e. The van der Waals surface area contributed by atoms with Gasteiger partial charge in [-0.2, -0.15) is 5.10 Å². The zero-order valence-electron chi connectivity index (χ0n) is 16.6.